The molecule has 3 rings (SSSR count). The van der Waals surface area contributed by atoms with Crippen LogP contribution in [0.1, 0.15) is 20.8 Å². The molecule has 146 valence electrons. The first-order valence-electron chi connectivity index (χ1n) is 8.87. The number of hydrogen-bond acceptors (Lipinski definition) is 5. The quantitative estimate of drug-likeness (QED) is 0.725. The van der Waals surface area contributed by atoms with Gasteiger partial charge in [0.1, 0.15) is 12.3 Å². The van der Waals surface area contributed by atoms with Crippen LogP contribution in [0.25, 0.3) is 22.2 Å². The first kappa shape index (κ1) is 19.4. The van der Waals surface area contributed by atoms with Crippen LogP contribution in [0.5, 0.6) is 11.6 Å². The van der Waals surface area contributed by atoms with Crippen LogP contribution in [0.4, 0.5) is 0 Å². The first-order chi connectivity index (χ1) is 13.2. The van der Waals surface area contributed by atoms with Gasteiger partial charge in [0.15, 0.2) is 0 Å². The summed E-state index contributed by atoms with van der Waals surface area (Å²) in [4.78, 5) is 30.1. The summed E-state index contributed by atoms with van der Waals surface area (Å²) in [6, 6.07) is 11.6. The topological polar surface area (TPSA) is 93.5 Å². The number of phenolic OH excluding ortho intramolecular Hbond substituents is 1. The van der Waals surface area contributed by atoms with Gasteiger partial charge in [-0.2, -0.15) is 0 Å². The van der Waals surface area contributed by atoms with Crippen molar-refractivity contribution in [3.8, 4) is 23.0 Å². The number of fused-ring (bicyclic) bond motifs is 1. The molecule has 0 unspecified atom stereocenters. The Morgan fingerprint density at radius 1 is 1.21 bits per heavy atom. The number of carbonyl (C=O) groups excluding carboxylic acids is 1. The van der Waals surface area contributed by atoms with Crippen LogP contribution in [0.2, 0.25) is 0 Å². The minimum absolute atomic E-state index is 0.0115. The van der Waals surface area contributed by atoms with Crippen molar-refractivity contribution >= 4 is 16.7 Å². The third-order valence-corrected chi connectivity index (χ3v) is 4.11. The third-order valence-electron chi connectivity index (χ3n) is 4.11. The lowest BCUT2D eigenvalue weighted by Gasteiger charge is -2.22. The molecule has 0 aliphatic heterocycles. The SMILES string of the molecule is COc1cccc(-c2cc3ccc(O)cc3c(=O)n2CC(=O)NC(C)(C)C)n1. The predicted octanol–water partition coefficient (Wildman–Crippen LogP) is 2.69. The van der Waals surface area contributed by atoms with Crippen molar-refractivity contribution in [3.63, 3.8) is 0 Å². The number of carbonyl (C=O) groups is 1. The number of amides is 1. The van der Waals surface area contributed by atoms with Crippen molar-refractivity contribution < 1.29 is 14.6 Å². The molecule has 1 aromatic carbocycles. The number of methoxy groups -OCH3 is 1. The molecule has 0 spiro atoms. The van der Waals surface area contributed by atoms with Gasteiger partial charge in [0.2, 0.25) is 11.8 Å². The van der Waals surface area contributed by atoms with Crippen molar-refractivity contribution in [1.29, 1.82) is 0 Å². The minimum Gasteiger partial charge on any atom is -0.508 e. The molecule has 2 aromatic heterocycles. The van der Waals surface area contributed by atoms with Crippen LogP contribution in [0.15, 0.2) is 47.3 Å². The number of aromatic nitrogens is 2. The molecule has 0 atom stereocenters. The second-order valence-electron chi connectivity index (χ2n) is 7.56. The Balaban J connectivity index is 2.21. The van der Waals surface area contributed by atoms with Crippen molar-refractivity contribution in [1.82, 2.24) is 14.9 Å². The molecule has 0 radical (unpaired) electrons. The van der Waals surface area contributed by atoms with E-state index in [1.54, 1.807) is 30.3 Å². The molecule has 0 aliphatic carbocycles. The maximum absolute atomic E-state index is 13.1. The van der Waals surface area contributed by atoms with Crippen molar-refractivity contribution in [2.45, 2.75) is 32.9 Å². The van der Waals surface area contributed by atoms with Crippen LogP contribution in [0, 0.1) is 0 Å². The van der Waals surface area contributed by atoms with Crippen LogP contribution < -0.4 is 15.6 Å². The van der Waals surface area contributed by atoms with Gasteiger partial charge in [0.25, 0.3) is 5.56 Å². The molecule has 0 aliphatic rings. The highest BCUT2D eigenvalue weighted by Gasteiger charge is 2.19. The Morgan fingerprint density at radius 2 is 1.96 bits per heavy atom. The summed E-state index contributed by atoms with van der Waals surface area (Å²) in [6.07, 6.45) is 0. The van der Waals surface area contributed by atoms with Crippen molar-refractivity contribution in [2.24, 2.45) is 0 Å². The van der Waals surface area contributed by atoms with Crippen LogP contribution in [-0.2, 0) is 11.3 Å². The summed E-state index contributed by atoms with van der Waals surface area (Å²) in [5.41, 5.74) is 0.197. The summed E-state index contributed by atoms with van der Waals surface area (Å²) in [5, 5.41) is 13.6. The predicted molar refractivity (Wildman–Crippen MR) is 108 cm³/mol. The molecule has 0 saturated carbocycles. The fourth-order valence-electron chi connectivity index (χ4n) is 2.98. The molecule has 0 fully saturated rings. The number of ether oxygens (including phenoxy) is 1. The lowest BCUT2D eigenvalue weighted by molar-refractivity contribution is -0.123. The average molecular weight is 381 g/mol. The van der Waals surface area contributed by atoms with Gasteiger partial charge in [-0.1, -0.05) is 12.1 Å². The molecule has 0 bridgehead atoms. The number of benzene rings is 1. The molecular weight excluding hydrogens is 358 g/mol. The molecule has 28 heavy (non-hydrogen) atoms. The number of aromatic hydroxyl groups is 1. The zero-order valence-corrected chi connectivity index (χ0v) is 16.3. The molecule has 7 nitrogen and oxygen atoms in total. The summed E-state index contributed by atoms with van der Waals surface area (Å²) < 4.78 is 6.55. The maximum atomic E-state index is 13.1. The minimum atomic E-state index is -0.426. The second kappa shape index (κ2) is 7.34. The van der Waals surface area contributed by atoms with E-state index in [1.807, 2.05) is 20.8 Å². The number of rotatable bonds is 4. The van der Waals surface area contributed by atoms with Crippen LogP contribution >= 0.6 is 0 Å². The van der Waals surface area contributed by atoms with Crippen molar-refractivity contribution in [2.75, 3.05) is 7.11 Å². The van der Waals surface area contributed by atoms with E-state index in [4.69, 9.17) is 4.74 Å². The number of pyridine rings is 2. The van der Waals surface area contributed by atoms with E-state index in [1.165, 1.54) is 23.8 Å². The Labute approximate surface area is 162 Å². The van der Waals surface area contributed by atoms with Crippen LogP contribution in [-0.4, -0.2) is 33.2 Å². The Hall–Kier alpha value is -3.35. The van der Waals surface area contributed by atoms with Gasteiger partial charge < -0.3 is 15.2 Å². The summed E-state index contributed by atoms with van der Waals surface area (Å²) in [5.74, 6) is 0.0993. The Kier molecular flexibility index (Phi) is 5.09. The fraction of sp³-hybridized carbons (Fsp3) is 0.286. The largest absolute Gasteiger partial charge is 0.508 e. The van der Waals surface area contributed by atoms with E-state index in [0.29, 0.717) is 28.0 Å². The lowest BCUT2D eigenvalue weighted by atomic mass is 10.1. The second-order valence-corrected chi connectivity index (χ2v) is 7.56. The van der Waals surface area contributed by atoms with E-state index in [-0.39, 0.29) is 23.8 Å². The van der Waals surface area contributed by atoms with Gasteiger partial charge in [0, 0.05) is 11.6 Å². The molecule has 0 saturated heterocycles. The van der Waals surface area contributed by atoms with Gasteiger partial charge in [0.05, 0.1) is 23.9 Å². The summed E-state index contributed by atoms with van der Waals surface area (Å²) in [7, 11) is 1.51. The Bertz CT molecular complexity index is 1100. The van der Waals surface area contributed by atoms with Gasteiger partial charge in [-0.3, -0.25) is 14.2 Å². The summed E-state index contributed by atoms with van der Waals surface area (Å²) >= 11 is 0. The highest BCUT2D eigenvalue weighted by molar-refractivity contribution is 5.87. The van der Waals surface area contributed by atoms with E-state index in [0.717, 1.165) is 0 Å². The first-order valence-corrected chi connectivity index (χ1v) is 8.87. The molecule has 2 heterocycles. The van der Waals surface area contributed by atoms with Gasteiger partial charge in [-0.25, -0.2) is 4.98 Å². The zero-order valence-electron chi connectivity index (χ0n) is 16.3. The van der Waals surface area contributed by atoms with Gasteiger partial charge in [-0.05, 0) is 50.4 Å². The lowest BCUT2D eigenvalue weighted by Crippen LogP contribution is -2.43. The van der Waals surface area contributed by atoms with E-state index in [2.05, 4.69) is 10.3 Å². The monoisotopic (exact) mass is 381 g/mol. The maximum Gasteiger partial charge on any atom is 0.259 e. The highest BCUT2D eigenvalue weighted by Crippen LogP contribution is 2.24. The smallest absolute Gasteiger partial charge is 0.259 e. The Morgan fingerprint density at radius 3 is 2.64 bits per heavy atom. The van der Waals surface area contributed by atoms with Crippen LogP contribution in [0.3, 0.4) is 0 Å². The van der Waals surface area contributed by atoms with Gasteiger partial charge in [-0.15, -0.1) is 0 Å². The number of nitrogens with zero attached hydrogens (tertiary/aromatic N) is 2. The zero-order chi connectivity index (χ0) is 20.5. The molecule has 3 aromatic rings. The highest BCUT2D eigenvalue weighted by atomic mass is 16.5. The fourth-order valence-corrected chi connectivity index (χ4v) is 2.98. The number of nitrogens with one attached hydrogen (secondary N) is 1. The third kappa shape index (κ3) is 4.14. The van der Waals surface area contributed by atoms with Crippen molar-refractivity contribution in [3.05, 3.63) is 52.8 Å². The molecule has 2 N–H and O–H groups in total. The van der Waals surface area contributed by atoms with E-state index < -0.39 is 5.54 Å². The van der Waals surface area contributed by atoms with E-state index in [9.17, 15) is 14.7 Å². The molecule has 1 amide bonds. The average Bonchev–Trinajstić information content (AvgIpc) is 2.63. The van der Waals surface area contributed by atoms with E-state index >= 15 is 0 Å². The number of hydrogen-bond donors (Lipinski definition) is 2. The molecular formula is C21H23N3O4. The standard InChI is InChI=1S/C21H23N3O4/c1-21(2,3)23-18(26)12-24-17(16-6-5-7-19(22-16)28-4)10-13-8-9-14(25)11-15(13)20(24)27/h5-11,25H,12H2,1-4H3,(H,23,26). The summed E-state index contributed by atoms with van der Waals surface area (Å²) in [6.45, 7) is 5.44. The van der Waals surface area contributed by atoms with Gasteiger partial charge >= 0.3 is 0 Å². The number of phenols is 1. The normalized spacial score (nSPS) is 11.4. The molecule has 7 heteroatoms.